The summed E-state index contributed by atoms with van der Waals surface area (Å²) in [5.74, 6) is -0.519. The second-order valence-corrected chi connectivity index (χ2v) is 29.4. The zero-order chi connectivity index (χ0) is 67.2. The largest absolute Gasteiger partial charge is 0.472 e. The number of aliphatic hydroxyl groups excluding tert-OH is 1. The highest BCUT2D eigenvalue weighted by atomic mass is 31.2. The number of unbranched alkanes of at least 4 members (excludes halogenated alkanes) is 39. The topological polar surface area (TPSA) is 237 Å². The molecule has 0 bridgehead atoms. The van der Waals surface area contributed by atoms with Crippen molar-refractivity contribution in [2.24, 2.45) is 11.8 Å². The Bertz CT molecular complexity index is 1770. The molecular formula is C72H140O17P2. The molecule has 0 heterocycles. The Labute approximate surface area is 556 Å². The summed E-state index contributed by atoms with van der Waals surface area (Å²) in [4.78, 5) is 72.4. The molecule has 0 fully saturated rings. The fourth-order valence-electron chi connectivity index (χ4n) is 10.9. The number of hydrogen-bond donors (Lipinski definition) is 3. The highest BCUT2D eigenvalue weighted by Crippen LogP contribution is 2.45. The monoisotopic (exact) mass is 1340 g/mol. The highest BCUT2D eigenvalue weighted by Gasteiger charge is 2.30. The number of carbonyl (C=O) groups excluding carboxylic acids is 4. The third-order valence-electron chi connectivity index (χ3n) is 17.4. The van der Waals surface area contributed by atoms with Gasteiger partial charge in [-0.05, 0) is 37.5 Å². The van der Waals surface area contributed by atoms with Gasteiger partial charge in [-0.25, -0.2) is 9.13 Å². The van der Waals surface area contributed by atoms with Gasteiger partial charge in [-0.15, -0.1) is 0 Å². The van der Waals surface area contributed by atoms with Gasteiger partial charge in [0.1, 0.15) is 19.3 Å². The Kier molecular flexibility index (Phi) is 62.7. The van der Waals surface area contributed by atoms with E-state index in [1.54, 1.807) is 0 Å². The summed E-state index contributed by atoms with van der Waals surface area (Å²) in [6.45, 7) is 9.53. The lowest BCUT2D eigenvalue weighted by Crippen LogP contribution is -2.30. The third kappa shape index (κ3) is 63.9. The van der Waals surface area contributed by atoms with Crippen molar-refractivity contribution in [2.45, 2.75) is 387 Å². The first-order valence-corrected chi connectivity index (χ1v) is 40.6. The summed E-state index contributed by atoms with van der Waals surface area (Å²) in [6.07, 6.45) is 50.2. The van der Waals surface area contributed by atoms with Gasteiger partial charge >= 0.3 is 39.5 Å². The molecule has 4 unspecified atom stereocenters. The van der Waals surface area contributed by atoms with Crippen molar-refractivity contribution in [3.63, 3.8) is 0 Å². The van der Waals surface area contributed by atoms with E-state index in [0.29, 0.717) is 25.7 Å². The van der Waals surface area contributed by atoms with Crippen molar-refractivity contribution < 1.29 is 80.2 Å². The number of esters is 4. The molecule has 540 valence electrons. The molecule has 19 heteroatoms. The van der Waals surface area contributed by atoms with Crippen LogP contribution in [0.3, 0.4) is 0 Å². The standard InChI is InChI=1S/C72H140O17P2/c1-7-11-13-15-16-17-18-19-20-21-22-23-24-25-33-38-44-50-56-72(77)89-68(61-83-70(75)55-49-43-37-32-28-26-30-35-41-46-52-64(5)9-3)63-87-91(80,81)85-59-66(73)58-84-90(78,79)86-62-67(60-82-69(74)54-48-40-14-12-8-2)88-71(76)57-51-45-39-34-29-27-31-36-42-47-53-65(6)10-4/h64-68,73H,7-63H2,1-6H3,(H,78,79)(H,80,81)/t64?,65?,66-,67+,68+/m0/s1. The second kappa shape index (κ2) is 64.1. The van der Waals surface area contributed by atoms with Crippen LogP contribution in [0.4, 0.5) is 0 Å². The van der Waals surface area contributed by atoms with Crippen molar-refractivity contribution in [1.29, 1.82) is 0 Å². The Morgan fingerprint density at radius 2 is 0.527 bits per heavy atom. The highest BCUT2D eigenvalue weighted by molar-refractivity contribution is 7.47. The molecule has 0 rings (SSSR count). The van der Waals surface area contributed by atoms with Gasteiger partial charge in [0.15, 0.2) is 12.2 Å². The van der Waals surface area contributed by atoms with Gasteiger partial charge in [0, 0.05) is 25.7 Å². The zero-order valence-electron chi connectivity index (χ0n) is 59.1. The van der Waals surface area contributed by atoms with Gasteiger partial charge in [-0.3, -0.25) is 37.3 Å². The van der Waals surface area contributed by atoms with Crippen LogP contribution in [0.5, 0.6) is 0 Å². The van der Waals surface area contributed by atoms with Gasteiger partial charge in [0.25, 0.3) is 0 Å². The van der Waals surface area contributed by atoms with E-state index in [4.69, 9.17) is 37.0 Å². The van der Waals surface area contributed by atoms with Crippen LogP contribution in [0.15, 0.2) is 0 Å². The van der Waals surface area contributed by atoms with Gasteiger partial charge < -0.3 is 33.8 Å². The van der Waals surface area contributed by atoms with Crippen molar-refractivity contribution >= 4 is 39.5 Å². The first-order valence-electron chi connectivity index (χ1n) is 37.6. The molecule has 0 aromatic carbocycles. The molecular weight excluding hydrogens is 1200 g/mol. The quantitative estimate of drug-likeness (QED) is 0.0222. The van der Waals surface area contributed by atoms with Crippen LogP contribution in [0.1, 0.15) is 369 Å². The van der Waals surface area contributed by atoms with Crippen molar-refractivity contribution in [2.75, 3.05) is 39.6 Å². The minimum Gasteiger partial charge on any atom is -0.462 e. The number of phosphoric acid groups is 2. The summed E-state index contributed by atoms with van der Waals surface area (Å²) < 4.78 is 68.2. The third-order valence-corrected chi connectivity index (χ3v) is 19.3. The van der Waals surface area contributed by atoms with Crippen LogP contribution in [0.2, 0.25) is 0 Å². The number of carbonyl (C=O) groups is 4. The lowest BCUT2D eigenvalue weighted by atomic mass is 9.99. The molecule has 0 aliphatic carbocycles. The fourth-order valence-corrected chi connectivity index (χ4v) is 12.5. The lowest BCUT2D eigenvalue weighted by molar-refractivity contribution is -0.161. The van der Waals surface area contributed by atoms with Crippen LogP contribution in [-0.2, 0) is 65.4 Å². The minimum atomic E-state index is -4.95. The Morgan fingerprint density at radius 1 is 0.308 bits per heavy atom. The second-order valence-electron chi connectivity index (χ2n) is 26.5. The molecule has 0 aliphatic rings. The van der Waals surface area contributed by atoms with Crippen molar-refractivity contribution in [3.05, 3.63) is 0 Å². The lowest BCUT2D eigenvalue weighted by Gasteiger charge is -2.21. The predicted molar refractivity (Wildman–Crippen MR) is 368 cm³/mol. The van der Waals surface area contributed by atoms with Crippen LogP contribution < -0.4 is 0 Å². The zero-order valence-corrected chi connectivity index (χ0v) is 60.9. The Morgan fingerprint density at radius 3 is 0.780 bits per heavy atom. The molecule has 0 aromatic heterocycles. The van der Waals surface area contributed by atoms with Crippen LogP contribution in [0.25, 0.3) is 0 Å². The fraction of sp³-hybridized carbons (Fsp3) is 0.944. The number of phosphoric ester groups is 2. The molecule has 0 saturated heterocycles. The van der Waals surface area contributed by atoms with E-state index in [9.17, 15) is 43.2 Å². The summed E-state index contributed by atoms with van der Waals surface area (Å²) >= 11 is 0. The van der Waals surface area contributed by atoms with Gasteiger partial charge in [0.05, 0.1) is 26.4 Å². The Balaban J connectivity index is 5.16. The Hall–Kier alpha value is -1.94. The predicted octanol–water partition coefficient (Wildman–Crippen LogP) is 20.8. The van der Waals surface area contributed by atoms with E-state index < -0.39 is 97.5 Å². The maximum absolute atomic E-state index is 13.0. The first-order chi connectivity index (χ1) is 43.9. The summed E-state index contributed by atoms with van der Waals surface area (Å²) in [6, 6.07) is 0. The minimum absolute atomic E-state index is 0.105. The maximum Gasteiger partial charge on any atom is 0.472 e. The number of hydrogen-bond acceptors (Lipinski definition) is 15. The first kappa shape index (κ1) is 89.1. The molecule has 0 spiro atoms. The van der Waals surface area contributed by atoms with Gasteiger partial charge in [0.2, 0.25) is 0 Å². The molecule has 7 atom stereocenters. The van der Waals surface area contributed by atoms with Gasteiger partial charge in [-0.2, -0.15) is 0 Å². The molecule has 0 radical (unpaired) electrons. The van der Waals surface area contributed by atoms with E-state index >= 15 is 0 Å². The van der Waals surface area contributed by atoms with Crippen LogP contribution >= 0.6 is 15.6 Å². The number of rotatable bonds is 71. The molecule has 0 aliphatic heterocycles. The van der Waals surface area contributed by atoms with Crippen LogP contribution in [-0.4, -0.2) is 96.7 Å². The maximum atomic E-state index is 13.0. The molecule has 3 N–H and O–H groups in total. The summed E-state index contributed by atoms with van der Waals surface area (Å²) in [5.41, 5.74) is 0. The average molecular weight is 1340 g/mol. The normalized spacial score (nSPS) is 14.7. The van der Waals surface area contributed by atoms with E-state index in [1.165, 1.54) is 180 Å². The molecule has 17 nitrogen and oxygen atoms in total. The van der Waals surface area contributed by atoms with E-state index in [-0.39, 0.29) is 25.7 Å². The SMILES string of the molecule is CCCCCCCCCCCCCCCCCCCCC(=O)O[C@H](COC(=O)CCCCCCCCCCCCC(C)CC)COP(=O)(O)OC[C@@H](O)COP(=O)(O)OC[C@@H](COC(=O)CCCCCCC)OC(=O)CCCCCCCCCCCCC(C)CC. The van der Waals surface area contributed by atoms with Gasteiger partial charge in [-0.1, -0.05) is 318 Å². The number of ether oxygens (including phenoxy) is 4. The molecule has 0 amide bonds. The molecule has 0 aromatic rings. The van der Waals surface area contributed by atoms with Crippen molar-refractivity contribution in [3.8, 4) is 0 Å². The molecule has 0 saturated carbocycles. The van der Waals surface area contributed by atoms with E-state index in [2.05, 4.69) is 41.5 Å². The number of aliphatic hydroxyl groups is 1. The molecule has 91 heavy (non-hydrogen) atoms. The smallest absolute Gasteiger partial charge is 0.462 e. The van der Waals surface area contributed by atoms with E-state index in [1.807, 2.05) is 0 Å². The van der Waals surface area contributed by atoms with E-state index in [0.717, 1.165) is 108 Å². The summed E-state index contributed by atoms with van der Waals surface area (Å²) in [7, 11) is -9.90. The van der Waals surface area contributed by atoms with Crippen LogP contribution in [0, 0.1) is 11.8 Å². The van der Waals surface area contributed by atoms with Crippen molar-refractivity contribution in [1.82, 2.24) is 0 Å². The summed E-state index contributed by atoms with van der Waals surface area (Å²) in [5, 5.41) is 10.6. The average Bonchev–Trinajstić information content (AvgIpc) is 3.58.